The Kier molecular flexibility index (Phi) is 4.75. The Labute approximate surface area is 109 Å². The van der Waals surface area contributed by atoms with Gasteiger partial charge in [0.25, 0.3) is 0 Å². The predicted octanol–water partition coefficient (Wildman–Crippen LogP) is 2.91. The second-order valence-corrected chi connectivity index (χ2v) is 5.67. The summed E-state index contributed by atoms with van der Waals surface area (Å²) in [5.41, 5.74) is 2.77. The van der Waals surface area contributed by atoms with Crippen LogP contribution in [0.15, 0.2) is 24.3 Å². The normalized spacial score (nSPS) is 18.1. The van der Waals surface area contributed by atoms with Crippen LogP contribution in [-0.4, -0.2) is 31.6 Å². The third kappa shape index (κ3) is 3.17. The summed E-state index contributed by atoms with van der Waals surface area (Å²) in [5.74, 6) is 2.52. The van der Waals surface area contributed by atoms with Crippen LogP contribution in [0.4, 0.5) is 5.69 Å². The van der Waals surface area contributed by atoms with Gasteiger partial charge in [0.2, 0.25) is 0 Å². The maximum Gasteiger partial charge on any atom is 0.0366 e. The van der Waals surface area contributed by atoms with E-state index in [0.29, 0.717) is 6.04 Å². The number of hydrogen-bond acceptors (Lipinski definition) is 3. The molecule has 3 heteroatoms. The van der Waals surface area contributed by atoms with Gasteiger partial charge in [-0.1, -0.05) is 19.1 Å². The van der Waals surface area contributed by atoms with Gasteiger partial charge in [0.1, 0.15) is 0 Å². The highest BCUT2D eigenvalue weighted by molar-refractivity contribution is 7.99. The van der Waals surface area contributed by atoms with Crippen LogP contribution in [0.2, 0.25) is 0 Å². The van der Waals surface area contributed by atoms with E-state index in [-0.39, 0.29) is 0 Å². The standard InChI is InChI=1S/C14H22N2S/c1-3-14(15-2)12-4-6-13(7-5-12)16-8-10-17-11-9-16/h4-7,14-15H,3,8-11H2,1-2H3. The Bertz CT molecular complexity index is 327. The van der Waals surface area contributed by atoms with Gasteiger partial charge in [-0.25, -0.2) is 0 Å². The molecule has 1 aromatic rings. The molecular formula is C14H22N2S. The zero-order valence-electron chi connectivity index (χ0n) is 10.8. The molecule has 0 radical (unpaired) electrons. The monoisotopic (exact) mass is 250 g/mol. The summed E-state index contributed by atoms with van der Waals surface area (Å²) in [5, 5.41) is 3.35. The number of nitrogens with one attached hydrogen (secondary N) is 1. The highest BCUT2D eigenvalue weighted by atomic mass is 32.2. The average molecular weight is 250 g/mol. The van der Waals surface area contributed by atoms with Crippen molar-refractivity contribution in [2.75, 3.05) is 36.5 Å². The number of rotatable bonds is 4. The summed E-state index contributed by atoms with van der Waals surface area (Å²) >= 11 is 2.06. The fourth-order valence-corrected chi connectivity index (χ4v) is 3.25. The second kappa shape index (κ2) is 6.31. The Morgan fingerprint density at radius 2 is 1.88 bits per heavy atom. The lowest BCUT2D eigenvalue weighted by molar-refractivity contribution is 0.577. The molecule has 2 nitrogen and oxygen atoms in total. The van der Waals surface area contributed by atoms with E-state index in [1.165, 1.54) is 35.8 Å². The first kappa shape index (κ1) is 12.8. The topological polar surface area (TPSA) is 15.3 Å². The van der Waals surface area contributed by atoms with Gasteiger partial charge in [-0.05, 0) is 31.2 Å². The molecule has 0 spiro atoms. The van der Waals surface area contributed by atoms with Crippen molar-refractivity contribution >= 4 is 17.4 Å². The first-order valence-electron chi connectivity index (χ1n) is 6.45. The molecule has 2 rings (SSSR count). The van der Waals surface area contributed by atoms with Crippen molar-refractivity contribution < 1.29 is 0 Å². The minimum absolute atomic E-state index is 0.487. The van der Waals surface area contributed by atoms with E-state index >= 15 is 0 Å². The highest BCUT2D eigenvalue weighted by Crippen LogP contribution is 2.23. The van der Waals surface area contributed by atoms with Crippen LogP contribution in [0.25, 0.3) is 0 Å². The molecule has 17 heavy (non-hydrogen) atoms. The van der Waals surface area contributed by atoms with E-state index in [1.807, 2.05) is 7.05 Å². The van der Waals surface area contributed by atoms with E-state index in [1.54, 1.807) is 0 Å². The van der Waals surface area contributed by atoms with Gasteiger partial charge >= 0.3 is 0 Å². The van der Waals surface area contributed by atoms with Gasteiger partial charge in [-0.2, -0.15) is 11.8 Å². The molecular weight excluding hydrogens is 228 g/mol. The Morgan fingerprint density at radius 3 is 2.41 bits per heavy atom. The highest BCUT2D eigenvalue weighted by Gasteiger charge is 2.12. The number of benzene rings is 1. The molecule has 94 valence electrons. The Morgan fingerprint density at radius 1 is 1.24 bits per heavy atom. The van der Waals surface area contributed by atoms with Crippen molar-refractivity contribution in [3.63, 3.8) is 0 Å². The van der Waals surface area contributed by atoms with Gasteiger partial charge in [0.05, 0.1) is 0 Å². The van der Waals surface area contributed by atoms with E-state index in [2.05, 4.69) is 53.2 Å². The van der Waals surface area contributed by atoms with Crippen molar-refractivity contribution in [2.24, 2.45) is 0 Å². The van der Waals surface area contributed by atoms with Gasteiger partial charge < -0.3 is 10.2 Å². The minimum Gasteiger partial charge on any atom is -0.370 e. The molecule has 1 aliphatic heterocycles. The maximum absolute atomic E-state index is 3.35. The second-order valence-electron chi connectivity index (χ2n) is 4.44. The lowest BCUT2D eigenvalue weighted by Gasteiger charge is -2.28. The van der Waals surface area contributed by atoms with Crippen molar-refractivity contribution in [3.05, 3.63) is 29.8 Å². The number of nitrogens with zero attached hydrogens (tertiary/aromatic N) is 1. The van der Waals surface area contributed by atoms with Crippen molar-refractivity contribution in [1.29, 1.82) is 0 Å². The first-order chi connectivity index (χ1) is 8.35. The average Bonchev–Trinajstić information content (AvgIpc) is 2.42. The lowest BCUT2D eigenvalue weighted by atomic mass is 10.0. The summed E-state index contributed by atoms with van der Waals surface area (Å²) in [6.45, 7) is 4.59. The van der Waals surface area contributed by atoms with Crippen LogP contribution in [0.1, 0.15) is 24.9 Å². The SMILES string of the molecule is CCC(NC)c1ccc(N2CCSCC2)cc1. The van der Waals surface area contributed by atoms with Gasteiger partial charge in [-0.3, -0.25) is 0 Å². The zero-order chi connectivity index (χ0) is 12.1. The van der Waals surface area contributed by atoms with Crippen molar-refractivity contribution in [1.82, 2.24) is 5.32 Å². The molecule has 0 bridgehead atoms. The largest absolute Gasteiger partial charge is 0.370 e. The fraction of sp³-hybridized carbons (Fsp3) is 0.571. The van der Waals surface area contributed by atoms with Crippen molar-refractivity contribution in [3.8, 4) is 0 Å². The van der Waals surface area contributed by atoms with Gasteiger partial charge in [0, 0.05) is 36.3 Å². The molecule has 0 amide bonds. The molecule has 1 aliphatic rings. The number of anilines is 1. The Balaban J connectivity index is 2.06. The first-order valence-corrected chi connectivity index (χ1v) is 7.60. The molecule has 1 heterocycles. The summed E-state index contributed by atoms with van der Waals surface area (Å²) < 4.78 is 0. The summed E-state index contributed by atoms with van der Waals surface area (Å²) in [4.78, 5) is 2.49. The minimum atomic E-state index is 0.487. The quantitative estimate of drug-likeness (QED) is 0.884. The van der Waals surface area contributed by atoms with Crippen molar-refractivity contribution in [2.45, 2.75) is 19.4 Å². The summed E-state index contributed by atoms with van der Waals surface area (Å²) in [6, 6.07) is 9.56. The Hall–Kier alpha value is -0.670. The van der Waals surface area contributed by atoms with Crippen LogP contribution in [0.3, 0.4) is 0 Å². The fourth-order valence-electron chi connectivity index (χ4n) is 2.35. The van der Waals surface area contributed by atoms with Gasteiger partial charge in [0.15, 0.2) is 0 Å². The van der Waals surface area contributed by atoms with Crippen LogP contribution in [0.5, 0.6) is 0 Å². The molecule has 0 aromatic heterocycles. The van der Waals surface area contributed by atoms with E-state index < -0.39 is 0 Å². The molecule has 0 saturated carbocycles. The molecule has 1 saturated heterocycles. The zero-order valence-corrected chi connectivity index (χ0v) is 11.6. The van der Waals surface area contributed by atoms with Crippen LogP contribution < -0.4 is 10.2 Å². The summed E-state index contributed by atoms with van der Waals surface area (Å²) in [6.07, 6.45) is 1.14. The van der Waals surface area contributed by atoms with Crippen LogP contribution in [-0.2, 0) is 0 Å². The third-order valence-corrected chi connectivity index (χ3v) is 4.37. The van der Waals surface area contributed by atoms with Crippen LogP contribution >= 0.6 is 11.8 Å². The number of thioether (sulfide) groups is 1. The number of hydrogen-bond donors (Lipinski definition) is 1. The predicted molar refractivity (Wildman–Crippen MR) is 78.1 cm³/mol. The van der Waals surface area contributed by atoms with Crippen LogP contribution in [0, 0.1) is 0 Å². The molecule has 1 fully saturated rings. The molecule has 1 N–H and O–H groups in total. The molecule has 1 atom stereocenters. The molecule has 1 aromatic carbocycles. The third-order valence-electron chi connectivity index (χ3n) is 3.43. The van der Waals surface area contributed by atoms with E-state index in [9.17, 15) is 0 Å². The van der Waals surface area contributed by atoms with E-state index in [4.69, 9.17) is 0 Å². The lowest BCUT2D eigenvalue weighted by Crippen LogP contribution is -2.32. The smallest absolute Gasteiger partial charge is 0.0366 e. The molecule has 0 aliphatic carbocycles. The van der Waals surface area contributed by atoms with E-state index in [0.717, 1.165) is 6.42 Å². The summed E-state index contributed by atoms with van der Waals surface area (Å²) in [7, 11) is 2.03. The van der Waals surface area contributed by atoms with Gasteiger partial charge in [-0.15, -0.1) is 0 Å². The molecule has 1 unspecified atom stereocenters. The maximum atomic E-state index is 3.35.